The molecule has 1 N–H and O–H groups in total. The molecule has 7 nitrogen and oxygen atoms in total. The molecule has 0 aliphatic carbocycles. The maximum Gasteiger partial charge on any atom is 0.263 e. The van der Waals surface area contributed by atoms with Crippen molar-refractivity contribution in [3.63, 3.8) is 0 Å². The Kier molecular flexibility index (Phi) is 7.10. The monoisotopic (exact) mass is 379 g/mol. The molecule has 1 heterocycles. The molecular formula is C21H25N5O2. The van der Waals surface area contributed by atoms with Gasteiger partial charge in [-0.1, -0.05) is 26.0 Å². The summed E-state index contributed by atoms with van der Waals surface area (Å²) < 4.78 is 0. The number of hydrazine groups is 1. The van der Waals surface area contributed by atoms with Gasteiger partial charge in [0.15, 0.2) is 6.19 Å². The first kappa shape index (κ1) is 20.9. The maximum absolute atomic E-state index is 12.8. The third-order valence-electron chi connectivity index (χ3n) is 4.36. The summed E-state index contributed by atoms with van der Waals surface area (Å²) in [4.78, 5) is 29.6. The lowest BCUT2D eigenvalue weighted by atomic mass is 10.0. The fraction of sp³-hybridized carbons (Fsp3) is 0.333. The molecule has 0 aliphatic rings. The lowest BCUT2D eigenvalue weighted by molar-refractivity contribution is -0.142. The Labute approximate surface area is 165 Å². The minimum absolute atomic E-state index is 0.193. The third-order valence-corrected chi connectivity index (χ3v) is 4.36. The number of pyridine rings is 1. The van der Waals surface area contributed by atoms with Crippen molar-refractivity contribution in [2.75, 3.05) is 14.1 Å². The quantitative estimate of drug-likeness (QED) is 0.454. The molecule has 2 amide bonds. The van der Waals surface area contributed by atoms with Crippen LogP contribution in [0.15, 0.2) is 48.8 Å². The average molecular weight is 379 g/mol. The van der Waals surface area contributed by atoms with E-state index in [1.165, 1.54) is 19.1 Å². The van der Waals surface area contributed by atoms with E-state index in [1.807, 2.05) is 38.2 Å². The van der Waals surface area contributed by atoms with Crippen molar-refractivity contribution >= 4 is 11.8 Å². The zero-order chi connectivity index (χ0) is 20.7. The molecule has 0 fully saturated rings. The predicted molar refractivity (Wildman–Crippen MR) is 107 cm³/mol. The first-order chi connectivity index (χ1) is 13.3. The predicted octanol–water partition coefficient (Wildman–Crippen LogP) is 2.68. The molecule has 2 rings (SSSR count). The highest BCUT2D eigenvalue weighted by Crippen LogP contribution is 2.20. The van der Waals surface area contributed by atoms with Crippen molar-refractivity contribution in [3.05, 3.63) is 54.4 Å². The molecule has 0 radical (unpaired) electrons. The summed E-state index contributed by atoms with van der Waals surface area (Å²) >= 11 is 0. The number of rotatable bonds is 7. The van der Waals surface area contributed by atoms with Crippen LogP contribution in [-0.4, -0.2) is 47.0 Å². The summed E-state index contributed by atoms with van der Waals surface area (Å²) in [5, 5.41) is 14.2. The van der Waals surface area contributed by atoms with Gasteiger partial charge < -0.3 is 5.32 Å². The second-order valence-electron chi connectivity index (χ2n) is 6.96. The van der Waals surface area contributed by atoms with E-state index in [1.54, 1.807) is 30.6 Å². The molecule has 2 aromatic rings. The number of amides is 2. The highest BCUT2D eigenvalue weighted by atomic mass is 16.2. The average Bonchev–Trinajstić information content (AvgIpc) is 2.71. The largest absolute Gasteiger partial charge is 0.340 e. The molecule has 1 aromatic carbocycles. The lowest BCUT2D eigenvalue weighted by Crippen LogP contribution is -2.51. The topological polar surface area (TPSA) is 89.3 Å². The van der Waals surface area contributed by atoms with Gasteiger partial charge in [0.05, 0.1) is 0 Å². The van der Waals surface area contributed by atoms with Crippen molar-refractivity contribution in [3.8, 4) is 17.3 Å². The van der Waals surface area contributed by atoms with E-state index in [0.717, 1.165) is 16.1 Å². The highest BCUT2D eigenvalue weighted by molar-refractivity contribution is 5.98. The SMILES string of the molecule is CC(C)CC(NC(=O)c1cccc(-c2ccncc2)c1)C(=O)N(C)N(C)C#N. The zero-order valence-corrected chi connectivity index (χ0v) is 16.6. The van der Waals surface area contributed by atoms with Gasteiger partial charge in [-0.25, -0.2) is 10.0 Å². The number of nitrogens with zero attached hydrogens (tertiary/aromatic N) is 4. The van der Waals surface area contributed by atoms with E-state index in [0.29, 0.717) is 12.0 Å². The van der Waals surface area contributed by atoms with Crippen molar-refractivity contribution < 1.29 is 9.59 Å². The molecule has 28 heavy (non-hydrogen) atoms. The summed E-state index contributed by atoms with van der Waals surface area (Å²) in [7, 11) is 3.00. The number of hydrogen-bond acceptors (Lipinski definition) is 5. The Bertz CT molecular complexity index is 861. The molecule has 0 bridgehead atoms. The van der Waals surface area contributed by atoms with Crippen molar-refractivity contribution in [2.45, 2.75) is 26.3 Å². The van der Waals surface area contributed by atoms with Crippen LogP contribution in [0.2, 0.25) is 0 Å². The molecule has 0 saturated heterocycles. The second kappa shape index (κ2) is 9.51. The lowest BCUT2D eigenvalue weighted by Gasteiger charge is -2.28. The summed E-state index contributed by atoms with van der Waals surface area (Å²) in [6.07, 6.45) is 5.75. The van der Waals surface area contributed by atoms with Gasteiger partial charge >= 0.3 is 0 Å². The maximum atomic E-state index is 12.8. The first-order valence-electron chi connectivity index (χ1n) is 9.05. The molecule has 1 unspecified atom stereocenters. The smallest absolute Gasteiger partial charge is 0.263 e. The van der Waals surface area contributed by atoms with E-state index >= 15 is 0 Å². The number of hydrogen-bond donors (Lipinski definition) is 1. The van der Waals surface area contributed by atoms with Crippen LogP contribution in [-0.2, 0) is 4.79 Å². The molecule has 7 heteroatoms. The number of likely N-dealkylation sites (N-methyl/N-ethyl adjacent to an activating group) is 1. The molecule has 1 aromatic heterocycles. The fourth-order valence-electron chi connectivity index (χ4n) is 2.76. The van der Waals surface area contributed by atoms with Crippen LogP contribution in [0.3, 0.4) is 0 Å². The third kappa shape index (κ3) is 5.30. The normalized spacial score (nSPS) is 11.4. The van der Waals surface area contributed by atoms with Crippen LogP contribution in [0, 0.1) is 17.4 Å². The Balaban J connectivity index is 2.22. The van der Waals surface area contributed by atoms with Gasteiger partial charge in [-0.2, -0.15) is 5.26 Å². The summed E-state index contributed by atoms with van der Waals surface area (Å²) in [5.41, 5.74) is 2.31. The van der Waals surface area contributed by atoms with Crippen molar-refractivity contribution in [1.82, 2.24) is 20.3 Å². The Morgan fingerprint density at radius 3 is 2.43 bits per heavy atom. The molecule has 0 saturated carbocycles. The molecule has 0 aliphatic heterocycles. The fourth-order valence-corrected chi connectivity index (χ4v) is 2.76. The van der Waals surface area contributed by atoms with Crippen LogP contribution >= 0.6 is 0 Å². The molecule has 0 spiro atoms. The summed E-state index contributed by atoms with van der Waals surface area (Å²) in [5.74, 6) is -0.475. The molecular weight excluding hydrogens is 354 g/mol. The Morgan fingerprint density at radius 2 is 1.82 bits per heavy atom. The van der Waals surface area contributed by atoms with Gasteiger partial charge in [-0.05, 0) is 47.7 Å². The van der Waals surface area contributed by atoms with Crippen molar-refractivity contribution in [1.29, 1.82) is 5.26 Å². The van der Waals surface area contributed by atoms with E-state index in [4.69, 9.17) is 5.26 Å². The Hall–Kier alpha value is -3.40. The zero-order valence-electron chi connectivity index (χ0n) is 16.6. The minimum atomic E-state index is -0.724. The minimum Gasteiger partial charge on any atom is -0.340 e. The van der Waals surface area contributed by atoms with Crippen LogP contribution in [0.1, 0.15) is 30.6 Å². The van der Waals surface area contributed by atoms with Crippen LogP contribution < -0.4 is 5.32 Å². The van der Waals surface area contributed by atoms with Gasteiger partial charge in [0.2, 0.25) is 0 Å². The van der Waals surface area contributed by atoms with E-state index in [-0.39, 0.29) is 17.7 Å². The van der Waals surface area contributed by atoms with Crippen molar-refractivity contribution in [2.24, 2.45) is 5.92 Å². The van der Waals surface area contributed by atoms with Gasteiger partial charge in [0.1, 0.15) is 6.04 Å². The number of carbonyl (C=O) groups excluding carboxylic acids is 2. The summed E-state index contributed by atoms with van der Waals surface area (Å²) in [6, 6.07) is 10.2. The van der Waals surface area contributed by atoms with E-state index in [9.17, 15) is 9.59 Å². The first-order valence-corrected chi connectivity index (χ1v) is 9.05. The standard InChI is InChI=1S/C21H25N5O2/c1-15(2)12-19(21(28)26(4)25(3)14-22)24-20(27)18-7-5-6-17(13-18)16-8-10-23-11-9-16/h5-11,13,15,19H,12H2,1-4H3,(H,24,27). The number of aromatic nitrogens is 1. The molecule has 146 valence electrons. The number of benzene rings is 1. The second-order valence-corrected chi connectivity index (χ2v) is 6.96. The van der Waals surface area contributed by atoms with Crippen LogP contribution in [0.4, 0.5) is 0 Å². The van der Waals surface area contributed by atoms with Gasteiger partial charge in [-0.15, -0.1) is 0 Å². The summed E-state index contributed by atoms with van der Waals surface area (Å²) in [6.45, 7) is 3.95. The number of nitriles is 1. The number of carbonyl (C=O) groups is 2. The van der Waals surface area contributed by atoms with Gasteiger partial charge in [0.25, 0.3) is 11.8 Å². The highest BCUT2D eigenvalue weighted by Gasteiger charge is 2.27. The van der Waals surface area contributed by atoms with Crippen LogP contribution in [0.25, 0.3) is 11.1 Å². The molecule has 1 atom stereocenters. The van der Waals surface area contributed by atoms with Gasteiger partial charge in [0, 0.05) is 32.1 Å². The van der Waals surface area contributed by atoms with E-state index < -0.39 is 6.04 Å². The van der Waals surface area contributed by atoms with Crippen LogP contribution in [0.5, 0.6) is 0 Å². The Morgan fingerprint density at radius 1 is 1.14 bits per heavy atom. The number of nitrogens with one attached hydrogen (secondary N) is 1. The van der Waals surface area contributed by atoms with Gasteiger partial charge in [-0.3, -0.25) is 14.6 Å². The van der Waals surface area contributed by atoms with E-state index in [2.05, 4.69) is 10.3 Å².